The average Bonchev–Trinajstić information content (AvgIpc) is 2.54. The number of halogens is 1. The Hall–Kier alpha value is -1.26. The third-order valence-corrected chi connectivity index (χ3v) is 3.64. The molecule has 0 bridgehead atoms. The Morgan fingerprint density at radius 1 is 1.35 bits per heavy atom. The highest BCUT2D eigenvalue weighted by atomic mass is 35.5. The molecule has 17 heavy (non-hydrogen) atoms. The number of carbonyl (C=O) groups is 1. The second-order valence-electron chi connectivity index (χ2n) is 4.36. The minimum Gasteiger partial charge on any atom is -0.349 e. The third kappa shape index (κ3) is 1.77. The van der Waals surface area contributed by atoms with Crippen molar-refractivity contribution < 1.29 is 4.79 Å². The van der Waals surface area contributed by atoms with Crippen molar-refractivity contribution in [1.82, 2.24) is 10.6 Å². The van der Waals surface area contributed by atoms with Gasteiger partial charge in [0.15, 0.2) is 0 Å². The minimum atomic E-state index is -0.0613. The molecule has 1 aromatic rings. The monoisotopic (exact) mass is 251 g/mol. The zero-order valence-electron chi connectivity index (χ0n) is 9.37. The van der Waals surface area contributed by atoms with E-state index in [0.717, 1.165) is 31.7 Å². The van der Waals surface area contributed by atoms with Gasteiger partial charge in [0.2, 0.25) is 0 Å². The second kappa shape index (κ2) is 4.20. The summed E-state index contributed by atoms with van der Waals surface area (Å²) in [7, 11) is 0. The lowest BCUT2D eigenvalue weighted by Gasteiger charge is -2.37. The summed E-state index contributed by atoms with van der Waals surface area (Å²) < 4.78 is 0. The Morgan fingerprint density at radius 2 is 2.24 bits per heavy atom. The Kier molecular flexibility index (Phi) is 2.68. The summed E-state index contributed by atoms with van der Waals surface area (Å²) in [6.07, 6.45) is 1.00. The van der Waals surface area contributed by atoms with Gasteiger partial charge in [-0.25, -0.2) is 0 Å². The maximum atomic E-state index is 12.0. The molecule has 5 heteroatoms. The first-order valence-corrected chi connectivity index (χ1v) is 6.22. The molecule has 1 saturated heterocycles. The van der Waals surface area contributed by atoms with E-state index in [-0.39, 0.29) is 12.1 Å². The molecule has 90 valence electrons. The fourth-order valence-electron chi connectivity index (χ4n) is 2.51. The van der Waals surface area contributed by atoms with E-state index in [4.69, 9.17) is 11.6 Å². The number of amides is 1. The van der Waals surface area contributed by atoms with Gasteiger partial charge in [0.05, 0.1) is 16.3 Å². The van der Waals surface area contributed by atoms with Crippen LogP contribution in [0.4, 0.5) is 5.69 Å². The van der Waals surface area contributed by atoms with Crippen molar-refractivity contribution in [2.75, 3.05) is 24.5 Å². The van der Waals surface area contributed by atoms with Gasteiger partial charge in [0.1, 0.15) is 6.17 Å². The maximum absolute atomic E-state index is 12.0. The van der Waals surface area contributed by atoms with Crippen LogP contribution < -0.4 is 15.5 Å². The topological polar surface area (TPSA) is 44.4 Å². The summed E-state index contributed by atoms with van der Waals surface area (Å²) in [4.78, 5) is 14.3. The molecule has 0 saturated carbocycles. The highest BCUT2D eigenvalue weighted by molar-refractivity contribution is 6.34. The highest BCUT2D eigenvalue weighted by Gasteiger charge is 2.32. The molecule has 2 heterocycles. The smallest absolute Gasteiger partial charge is 0.256 e. The second-order valence-corrected chi connectivity index (χ2v) is 4.76. The Labute approximate surface area is 105 Å². The summed E-state index contributed by atoms with van der Waals surface area (Å²) in [6.45, 7) is 2.74. The van der Waals surface area contributed by atoms with Crippen molar-refractivity contribution in [3.8, 4) is 0 Å². The van der Waals surface area contributed by atoms with Crippen molar-refractivity contribution in [3.63, 3.8) is 0 Å². The van der Waals surface area contributed by atoms with Crippen LogP contribution in [0.5, 0.6) is 0 Å². The number of rotatable bonds is 0. The van der Waals surface area contributed by atoms with Gasteiger partial charge in [-0.2, -0.15) is 0 Å². The summed E-state index contributed by atoms with van der Waals surface area (Å²) in [5.41, 5.74) is 1.56. The summed E-state index contributed by atoms with van der Waals surface area (Å²) >= 11 is 6.11. The first-order valence-electron chi connectivity index (χ1n) is 5.84. The molecule has 0 spiro atoms. The van der Waals surface area contributed by atoms with Crippen LogP contribution in [0.1, 0.15) is 16.8 Å². The largest absolute Gasteiger partial charge is 0.349 e. The van der Waals surface area contributed by atoms with Crippen molar-refractivity contribution in [3.05, 3.63) is 28.8 Å². The zero-order chi connectivity index (χ0) is 11.8. The number of hydrogen-bond acceptors (Lipinski definition) is 3. The van der Waals surface area contributed by atoms with Crippen LogP contribution in [-0.2, 0) is 0 Å². The molecule has 0 aromatic heterocycles. The molecule has 1 fully saturated rings. The zero-order valence-corrected chi connectivity index (χ0v) is 10.1. The predicted octanol–water partition coefficient (Wildman–Crippen LogP) is 1.21. The Balaban J connectivity index is 2.08. The molecular weight excluding hydrogens is 238 g/mol. The van der Waals surface area contributed by atoms with Gasteiger partial charge < -0.3 is 15.5 Å². The van der Waals surface area contributed by atoms with E-state index < -0.39 is 0 Å². The summed E-state index contributed by atoms with van der Waals surface area (Å²) in [6, 6.07) is 5.63. The number of nitrogens with zero attached hydrogens (tertiary/aromatic N) is 1. The van der Waals surface area contributed by atoms with E-state index in [0.29, 0.717) is 10.6 Å². The van der Waals surface area contributed by atoms with E-state index in [1.165, 1.54) is 0 Å². The van der Waals surface area contributed by atoms with Crippen LogP contribution in [0.3, 0.4) is 0 Å². The molecular formula is C12H14ClN3O. The van der Waals surface area contributed by atoms with Crippen molar-refractivity contribution in [2.24, 2.45) is 0 Å². The van der Waals surface area contributed by atoms with Crippen molar-refractivity contribution in [2.45, 2.75) is 12.6 Å². The molecule has 1 atom stereocenters. The van der Waals surface area contributed by atoms with Gasteiger partial charge in [-0.3, -0.25) is 4.79 Å². The number of hydrogen-bond donors (Lipinski definition) is 2. The standard InChI is InChI=1S/C12H14ClN3O/c13-8-2-1-3-9-11(8)12(17)15-10-4-5-14-6-7-16(9)10/h1-3,10,14H,4-7H2,(H,15,17)/t10-/m0/s1. The molecule has 0 radical (unpaired) electrons. The lowest BCUT2D eigenvalue weighted by Crippen LogP contribution is -2.53. The molecule has 2 aliphatic heterocycles. The maximum Gasteiger partial charge on any atom is 0.256 e. The van der Waals surface area contributed by atoms with Gasteiger partial charge in [-0.1, -0.05) is 17.7 Å². The van der Waals surface area contributed by atoms with Crippen LogP contribution in [0.25, 0.3) is 0 Å². The van der Waals surface area contributed by atoms with Gasteiger partial charge >= 0.3 is 0 Å². The lowest BCUT2D eigenvalue weighted by atomic mass is 10.1. The summed E-state index contributed by atoms with van der Waals surface area (Å²) in [5, 5.41) is 6.88. The van der Waals surface area contributed by atoms with E-state index >= 15 is 0 Å². The quantitative estimate of drug-likeness (QED) is 0.729. The van der Waals surface area contributed by atoms with Crippen LogP contribution >= 0.6 is 11.6 Å². The van der Waals surface area contributed by atoms with Crippen molar-refractivity contribution >= 4 is 23.2 Å². The molecule has 2 aliphatic rings. The lowest BCUT2D eigenvalue weighted by molar-refractivity contribution is 0.0926. The molecule has 1 amide bonds. The van der Waals surface area contributed by atoms with Gasteiger partial charge in [-0.15, -0.1) is 0 Å². The van der Waals surface area contributed by atoms with Gasteiger partial charge in [-0.05, 0) is 25.1 Å². The minimum absolute atomic E-state index is 0.0613. The molecule has 1 aromatic carbocycles. The number of benzene rings is 1. The first-order chi connectivity index (χ1) is 8.27. The molecule has 4 nitrogen and oxygen atoms in total. The average molecular weight is 252 g/mol. The Morgan fingerprint density at radius 3 is 3.12 bits per heavy atom. The number of carbonyl (C=O) groups excluding carboxylic acids is 1. The SMILES string of the molecule is O=C1N[C@@H]2CCNCCN2c2cccc(Cl)c21. The highest BCUT2D eigenvalue weighted by Crippen LogP contribution is 2.32. The number of anilines is 1. The van der Waals surface area contributed by atoms with Crippen LogP contribution in [0, 0.1) is 0 Å². The van der Waals surface area contributed by atoms with E-state index in [2.05, 4.69) is 15.5 Å². The third-order valence-electron chi connectivity index (χ3n) is 3.33. The van der Waals surface area contributed by atoms with Crippen LogP contribution in [-0.4, -0.2) is 31.7 Å². The molecule has 0 aliphatic carbocycles. The summed E-state index contributed by atoms with van der Waals surface area (Å²) in [5.74, 6) is -0.0613. The number of nitrogens with one attached hydrogen (secondary N) is 2. The predicted molar refractivity (Wildman–Crippen MR) is 67.5 cm³/mol. The van der Waals surface area contributed by atoms with E-state index in [1.807, 2.05) is 12.1 Å². The fourth-order valence-corrected chi connectivity index (χ4v) is 2.77. The molecule has 3 rings (SSSR count). The first kappa shape index (κ1) is 10.9. The van der Waals surface area contributed by atoms with Gasteiger partial charge in [0, 0.05) is 13.1 Å². The van der Waals surface area contributed by atoms with E-state index in [1.54, 1.807) is 6.07 Å². The molecule has 2 N–H and O–H groups in total. The number of fused-ring (bicyclic) bond motifs is 3. The van der Waals surface area contributed by atoms with E-state index in [9.17, 15) is 4.79 Å². The van der Waals surface area contributed by atoms with Crippen LogP contribution in [0.15, 0.2) is 18.2 Å². The normalized spacial score (nSPS) is 23.5. The Bertz CT molecular complexity index is 463. The van der Waals surface area contributed by atoms with Crippen molar-refractivity contribution in [1.29, 1.82) is 0 Å². The molecule has 0 unspecified atom stereocenters. The van der Waals surface area contributed by atoms with Crippen LogP contribution in [0.2, 0.25) is 5.02 Å². The van der Waals surface area contributed by atoms with Gasteiger partial charge in [0.25, 0.3) is 5.91 Å². The fraction of sp³-hybridized carbons (Fsp3) is 0.417.